The van der Waals surface area contributed by atoms with Crippen LogP contribution in [0.15, 0.2) is 34.9 Å². The van der Waals surface area contributed by atoms with Gasteiger partial charge >= 0.3 is 0 Å². The molecule has 0 aliphatic rings. The molecule has 0 bridgehead atoms. The van der Waals surface area contributed by atoms with Crippen molar-refractivity contribution < 1.29 is 9.18 Å². The van der Waals surface area contributed by atoms with Gasteiger partial charge in [-0.1, -0.05) is 0 Å². The molecule has 1 aromatic heterocycles. The number of anilines is 2. The van der Waals surface area contributed by atoms with E-state index in [9.17, 15) is 9.18 Å². The van der Waals surface area contributed by atoms with Crippen LogP contribution in [0.4, 0.5) is 15.9 Å². The largest absolute Gasteiger partial charge is 0.322 e. The average molecular weight is 339 g/mol. The Labute approximate surface area is 123 Å². The summed E-state index contributed by atoms with van der Waals surface area (Å²) in [6, 6.07) is 6.04. The first-order valence-corrected chi connectivity index (χ1v) is 6.50. The number of aryl methyl sites for hydroxylation is 1. The van der Waals surface area contributed by atoms with Gasteiger partial charge in [-0.3, -0.25) is 4.79 Å². The third-order valence-electron chi connectivity index (χ3n) is 2.69. The Morgan fingerprint density at radius 2 is 2.15 bits per heavy atom. The van der Waals surface area contributed by atoms with E-state index in [0.29, 0.717) is 27.1 Å². The second-order valence-electron chi connectivity index (χ2n) is 4.11. The SMILES string of the molecule is Cc1cc(F)c(Br)cc1NC(=O)c1ccc(NN)nc1. The van der Waals surface area contributed by atoms with Crippen LogP contribution in [0.25, 0.3) is 0 Å². The Kier molecular flexibility index (Phi) is 4.31. The number of rotatable bonds is 3. The zero-order chi connectivity index (χ0) is 14.7. The number of carbonyl (C=O) groups excluding carboxylic acids is 1. The van der Waals surface area contributed by atoms with Crippen LogP contribution in [-0.2, 0) is 0 Å². The van der Waals surface area contributed by atoms with Gasteiger partial charge in [0.25, 0.3) is 5.91 Å². The zero-order valence-corrected chi connectivity index (χ0v) is 12.2. The number of hydrogen-bond acceptors (Lipinski definition) is 4. The first kappa shape index (κ1) is 14.4. The molecule has 0 radical (unpaired) electrons. The van der Waals surface area contributed by atoms with Gasteiger partial charge in [-0.25, -0.2) is 15.2 Å². The Morgan fingerprint density at radius 3 is 2.75 bits per heavy atom. The highest BCUT2D eigenvalue weighted by Gasteiger charge is 2.10. The molecule has 0 spiro atoms. The maximum Gasteiger partial charge on any atom is 0.257 e. The molecule has 1 aromatic carbocycles. The smallest absolute Gasteiger partial charge is 0.257 e. The molecule has 1 heterocycles. The lowest BCUT2D eigenvalue weighted by molar-refractivity contribution is 0.102. The fourth-order valence-electron chi connectivity index (χ4n) is 1.59. The minimum Gasteiger partial charge on any atom is -0.322 e. The number of nitrogens with one attached hydrogen (secondary N) is 2. The number of aromatic nitrogens is 1. The van der Waals surface area contributed by atoms with Gasteiger partial charge in [-0.2, -0.15) is 0 Å². The fourth-order valence-corrected chi connectivity index (χ4v) is 1.93. The first-order chi connectivity index (χ1) is 9.51. The number of benzene rings is 1. The molecule has 4 N–H and O–H groups in total. The summed E-state index contributed by atoms with van der Waals surface area (Å²) in [7, 11) is 0. The van der Waals surface area contributed by atoms with Gasteiger partial charge in [0.2, 0.25) is 0 Å². The molecule has 0 fully saturated rings. The van der Waals surface area contributed by atoms with Crippen LogP contribution in [-0.4, -0.2) is 10.9 Å². The number of carbonyl (C=O) groups is 1. The van der Waals surface area contributed by atoms with E-state index in [4.69, 9.17) is 5.84 Å². The standard InChI is InChI=1S/C13H12BrFN4O/c1-7-4-10(15)9(14)5-11(7)18-13(20)8-2-3-12(19-16)17-6-8/h2-6H,16H2,1H3,(H,17,19)(H,18,20). The Morgan fingerprint density at radius 1 is 1.40 bits per heavy atom. The lowest BCUT2D eigenvalue weighted by atomic mass is 10.2. The van der Waals surface area contributed by atoms with Crippen molar-refractivity contribution in [3.63, 3.8) is 0 Å². The third-order valence-corrected chi connectivity index (χ3v) is 3.30. The molecule has 2 rings (SSSR count). The first-order valence-electron chi connectivity index (χ1n) is 5.71. The molecule has 5 nitrogen and oxygen atoms in total. The number of hydrogen-bond donors (Lipinski definition) is 3. The molecule has 0 aliphatic heterocycles. The maximum absolute atomic E-state index is 13.3. The number of nitrogen functional groups attached to an aromatic ring is 1. The van der Waals surface area contributed by atoms with Crippen LogP contribution in [0.3, 0.4) is 0 Å². The van der Waals surface area contributed by atoms with Crippen LogP contribution in [0.5, 0.6) is 0 Å². The van der Waals surface area contributed by atoms with E-state index in [1.807, 2.05) is 0 Å². The Balaban J connectivity index is 2.20. The van der Waals surface area contributed by atoms with Crippen LogP contribution >= 0.6 is 15.9 Å². The predicted octanol–water partition coefficient (Wildman–Crippen LogP) is 2.83. The maximum atomic E-state index is 13.3. The highest BCUT2D eigenvalue weighted by Crippen LogP contribution is 2.24. The summed E-state index contributed by atoms with van der Waals surface area (Å²) in [5.74, 6) is 4.95. The quantitative estimate of drug-likeness (QED) is 0.593. The molecule has 2 aromatic rings. The lowest BCUT2D eigenvalue weighted by Crippen LogP contribution is -2.14. The molecule has 0 atom stereocenters. The normalized spacial score (nSPS) is 10.2. The van der Waals surface area contributed by atoms with Crippen molar-refractivity contribution in [1.29, 1.82) is 0 Å². The van der Waals surface area contributed by atoms with E-state index in [-0.39, 0.29) is 11.7 Å². The summed E-state index contributed by atoms with van der Waals surface area (Å²) < 4.78 is 13.6. The number of halogens is 2. The molecule has 20 heavy (non-hydrogen) atoms. The van der Waals surface area contributed by atoms with Crippen molar-refractivity contribution in [3.8, 4) is 0 Å². The summed E-state index contributed by atoms with van der Waals surface area (Å²) in [6.07, 6.45) is 1.40. The molecular weight excluding hydrogens is 327 g/mol. The number of nitrogens with two attached hydrogens (primary N) is 1. The second kappa shape index (κ2) is 5.98. The second-order valence-corrected chi connectivity index (χ2v) is 4.97. The van der Waals surface area contributed by atoms with E-state index in [2.05, 4.69) is 31.7 Å². The zero-order valence-electron chi connectivity index (χ0n) is 10.6. The topological polar surface area (TPSA) is 80.0 Å². The van der Waals surface area contributed by atoms with Crippen molar-refractivity contribution in [3.05, 3.63) is 51.9 Å². The Hall–Kier alpha value is -1.99. The average Bonchev–Trinajstić information content (AvgIpc) is 2.44. The van der Waals surface area contributed by atoms with E-state index in [0.717, 1.165) is 0 Å². The van der Waals surface area contributed by atoms with Crippen LogP contribution in [0, 0.1) is 12.7 Å². The lowest BCUT2D eigenvalue weighted by Gasteiger charge is -2.09. The molecule has 7 heteroatoms. The summed E-state index contributed by atoms with van der Waals surface area (Å²) in [5, 5.41) is 2.70. The molecule has 0 saturated heterocycles. The molecule has 0 aliphatic carbocycles. The van der Waals surface area contributed by atoms with E-state index >= 15 is 0 Å². The van der Waals surface area contributed by atoms with Gasteiger partial charge in [-0.15, -0.1) is 0 Å². The predicted molar refractivity (Wildman–Crippen MR) is 78.8 cm³/mol. The summed E-state index contributed by atoms with van der Waals surface area (Å²) in [5.41, 5.74) is 3.92. The van der Waals surface area contributed by atoms with Crippen molar-refractivity contribution in [1.82, 2.24) is 4.98 Å². The summed E-state index contributed by atoms with van der Waals surface area (Å²) in [4.78, 5) is 16.0. The molecule has 0 unspecified atom stereocenters. The van der Waals surface area contributed by atoms with E-state index in [1.165, 1.54) is 18.3 Å². The summed E-state index contributed by atoms with van der Waals surface area (Å²) in [6.45, 7) is 1.71. The van der Waals surface area contributed by atoms with Crippen molar-refractivity contribution in [2.75, 3.05) is 10.7 Å². The molecule has 104 valence electrons. The van der Waals surface area contributed by atoms with Crippen molar-refractivity contribution in [2.24, 2.45) is 5.84 Å². The number of nitrogens with zero attached hydrogens (tertiary/aromatic N) is 1. The van der Waals surface area contributed by atoms with E-state index < -0.39 is 0 Å². The van der Waals surface area contributed by atoms with Crippen LogP contribution in [0.1, 0.15) is 15.9 Å². The van der Waals surface area contributed by atoms with Gasteiger partial charge in [0.1, 0.15) is 11.6 Å². The fraction of sp³-hybridized carbons (Fsp3) is 0.0769. The van der Waals surface area contributed by atoms with Gasteiger partial charge in [-0.05, 0) is 52.7 Å². The van der Waals surface area contributed by atoms with Gasteiger partial charge in [0.05, 0.1) is 10.0 Å². The van der Waals surface area contributed by atoms with E-state index in [1.54, 1.807) is 19.1 Å². The van der Waals surface area contributed by atoms with Crippen LogP contribution in [0.2, 0.25) is 0 Å². The molecule has 0 saturated carbocycles. The number of pyridine rings is 1. The van der Waals surface area contributed by atoms with Gasteiger partial charge < -0.3 is 10.7 Å². The number of amides is 1. The highest BCUT2D eigenvalue weighted by atomic mass is 79.9. The van der Waals surface area contributed by atoms with Gasteiger partial charge in [0, 0.05) is 11.9 Å². The number of hydrazine groups is 1. The van der Waals surface area contributed by atoms with Crippen molar-refractivity contribution >= 4 is 33.3 Å². The molecule has 1 amide bonds. The minimum absolute atomic E-state index is 0.291. The molecular formula is C13H12BrFN4O. The summed E-state index contributed by atoms with van der Waals surface area (Å²) >= 11 is 3.08. The van der Waals surface area contributed by atoms with Gasteiger partial charge in [0.15, 0.2) is 0 Å². The third kappa shape index (κ3) is 3.12. The monoisotopic (exact) mass is 338 g/mol. The van der Waals surface area contributed by atoms with Crippen molar-refractivity contribution in [2.45, 2.75) is 6.92 Å². The minimum atomic E-state index is -0.375. The van der Waals surface area contributed by atoms with Crippen LogP contribution < -0.4 is 16.6 Å². The highest BCUT2D eigenvalue weighted by molar-refractivity contribution is 9.10. The Bertz CT molecular complexity index is 646.